The Morgan fingerprint density at radius 3 is 2.27 bits per heavy atom. The van der Waals surface area contributed by atoms with Gasteiger partial charge < -0.3 is 4.74 Å². The molecule has 1 atom stereocenters. The summed E-state index contributed by atoms with van der Waals surface area (Å²) < 4.78 is 6.47. The van der Waals surface area contributed by atoms with Crippen LogP contribution in [0.2, 0.25) is 0 Å². The molecule has 5 aromatic carbocycles. The lowest BCUT2D eigenvalue weighted by atomic mass is 9.63. The van der Waals surface area contributed by atoms with Gasteiger partial charge in [0.15, 0.2) is 5.82 Å². The summed E-state index contributed by atoms with van der Waals surface area (Å²) in [4.78, 5) is 10.3. The van der Waals surface area contributed by atoms with Crippen LogP contribution in [-0.2, 0) is 5.41 Å². The van der Waals surface area contributed by atoms with Gasteiger partial charge in [-0.15, -0.1) is 0 Å². The number of hydrogen-bond donors (Lipinski definition) is 0. The lowest BCUT2D eigenvalue weighted by molar-refractivity contribution is 0.306. The van der Waals surface area contributed by atoms with Crippen LogP contribution in [0.1, 0.15) is 72.4 Å². The number of para-hydroxylation sites is 2. The van der Waals surface area contributed by atoms with Crippen molar-refractivity contribution in [3.8, 4) is 34.0 Å². The van der Waals surface area contributed by atoms with Crippen molar-refractivity contribution in [2.24, 2.45) is 0 Å². The van der Waals surface area contributed by atoms with Gasteiger partial charge in [0, 0.05) is 33.4 Å². The fraction of sp³-hybridized carbons (Fsp3) is 0.190. The van der Waals surface area contributed by atoms with Crippen LogP contribution in [0.5, 0.6) is 11.5 Å². The molecule has 1 aromatic heterocycles. The third-order valence-corrected chi connectivity index (χ3v) is 10.3. The van der Waals surface area contributed by atoms with Crippen molar-refractivity contribution >= 4 is 17.0 Å². The lowest BCUT2D eigenvalue weighted by Gasteiger charge is -2.43. The number of aromatic nitrogens is 2. The number of hydrogen-bond acceptors (Lipinski definition) is 3. The van der Waals surface area contributed by atoms with E-state index >= 15 is 0 Å². The van der Waals surface area contributed by atoms with Crippen molar-refractivity contribution in [1.29, 1.82) is 0 Å². The van der Waals surface area contributed by atoms with Gasteiger partial charge in [0.2, 0.25) is 0 Å². The zero-order valence-corrected chi connectivity index (χ0v) is 25.2. The SMILES string of the molecule is C1=Cc2ccccc2C(c2nc(-c3ccc(-c4ccc5c(c4)C4(CCCCC4)c4ccccc4O5)cc3)nc3ccccc23)C1. The maximum absolute atomic E-state index is 6.47. The summed E-state index contributed by atoms with van der Waals surface area (Å²) in [6.07, 6.45) is 11.6. The Labute approximate surface area is 264 Å². The van der Waals surface area contributed by atoms with Gasteiger partial charge in [-0.3, -0.25) is 0 Å². The summed E-state index contributed by atoms with van der Waals surface area (Å²) in [6, 6.07) is 41.4. The van der Waals surface area contributed by atoms with Crippen molar-refractivity contribution in [3.05, 3.63) is 149 Å². The highest BCUT2D eigenvalue weighted by atomic mass is 16.5. The molecular formula is C42H34N2O. The van der Waals surface area contributed by atoms with Crippen LogP contribution in [-0.4, -0.2) is 9.97 Å². The quantitative estimate of drug-likeness (QED) is 0.208. The number of ether oxygens (including phenoxy) is 1. The molecule has 218 valence electrons. The van der Waals surface area contributed by atoms with Crippen molar-refractivity contribution in [3.63, 3.8) is 0 Å². The van der Waals surface area contributed by atoms with Crippen LogP contribution in [0.3, 0.4) is 0 Å². The summed E-state index contributed by atoms with van der Waals surface area (Å²) in [5, 5.41) is 1.13. The molecule has 0 N–H and O–H groups in total. The van der Waals surface area contributed by atoms with Crippen LogP contribution < -0.4 is 4.74 Å². The van der Waals surface area contributed by atoms with Gasteiger partial charge in [-0.05, 0) is 65.8 Å². The van der Waals surface area contributed by atoms with Crippen LogP contribution in [0, 0.1) is 0 Å². The molecule has 0 bridgehead atoms. The van der Waals surface area contributed by atoms with Crippen molar-refractivity contribution in [2.75, 3.05) is 0 Å². The molecule has 3 nitrogen and oxygen atoms in total. The van der Waals surface area contributed by atoms with E-state index in [0.717, 1.165) is 45.9 Å². The highest BCUT2D eigenvalue weighted by Crippen LogP contribution is 2.55. The molecule has 1 saturated carbocycles. The molecule has 3 heteroatoms. The summed E-state index contributed by atoms with van der Waals surface area (Å²) in [6.45, 7) is 0. The first-order chi connectivity index (χ1) is 22.3. The minimum absolute atomic E-state index is 0.0284. The van der Waals surface area contributed by atoms with Crippen LogP contribution in [0.4, 0.5) is 0 Å². The van der Waals surface area contributed by atoms with E-state index in [9.17, 15) is 0 Å². The van der Waals surface area contributed by atoms with E-state index in [1.54, 1.807) is 0 Å². The smallest absolute Gasteiger partial charge is 0.160 e. The third-order valence-electron chi connectivity index (χ3n) is 10.3. The molecule has 0 amide bonds. The Balaban J connectivity index is 1.10. The molecule has 2 aliphatic carbocycles. The second-order valence-corrected chi connectivity index (χ2v) is 12.8. The molecule has 45 heavy (non-hydrogen) atoms. The highest BCUT2D eigenvalue weighted by molar-refractivity contribution is 5.84. The number of allylic oxidation sites excluding steroid dienone is 1. The summed E-state index contributed by atoms with van der Waals surface area (Å²) >= 11 is 0. The monoisotopic (exact) mass is 582 g/mol. The molecule has 9 rings (SSSR count). The van der Waals surface area contributed by atoms with Gasteiger partial charge in [-0.1, -0.05) is 122 Å². The van der Waals surface area contributed by atoms with Gasteiger partial charge in [-0.2, -0.15) is 0 Å². The minimum Gasteiger partial charge on any atom is -0.457 e. The average molecular weight is 583 g/mol. The number of rotatable bonds is 3. The summed E-state index contributed by atoms with van der Waals surface area (Å²) in [7, 11) is 0. The van der Waals surface area contributed by atoms with E-state index in [2.05, 4.69) is 127 Å². The maximum atomic E-state index is 6.47. The van der Waals surface area contributed by atoms with Crippen molar-refractivity contribution < 1.29 is 4.74 Å². The summed E-state index contributed by atoms with van der Waals surface area (Å²) in [5.74, 6) is 3.00. The maximum Gasteiger partial charge on any atom is 0.160 e. The fourth-order valence-electron chi connectivity index (χ4n) is 8.09. The molecular weight excluding hydrogens is 548 g/mol. The van der Waals surface area contributed by atoms with E-state index in [1.165, 1.54) is 65.5 Å². The van der Waals surface area contributed by atoms with Gasteiger partial charge >= 0.3 is 0 Å². The largest absolute Gasteiger partial charge is 0.457 e. The van der Waals surface area contributed by atoms with Crippen LogP contribution in [0.15, 0.2) is 121 Å². The fourth-order valence-corrected chi connectivity index (χ4v) is 8.09. The van der Waals surface area contributed by atoms with Crippen molar-refractivity contribution in [1.82, 2.24) is 9.97 Å². The zero-order chi connectivity index (χ0) is 29.8. The molecule has 1 spiro atoms. The lowest BCUT2D eigenvalue weighted by Crippen LogP contribution is -2.33. The van der Waals surface area contributed by atoms with E-state index in [-0.39, 0.29) is 11.3 Å². The summed E-state index contributed by atoms with van der Waals surface area (Å²) in [5.41, 5.74) is 10.9. The number of fused-ring (bicyclic) bond motifs is 6. The normalized spacial score (nSPS) is 17.7. The Kier molecular flexibility index (Phi) is 6.19. The predicted molar refractivity (Wildman–Crippen MR) is 183 cm³/mol. The Hall–Kier alpha value is -5.02. The van der Waals surface area contributed by atoms with Gasteiger partial charge in [-0.25, -0.2) is 9.97 Å². The van der Waals surface area contributed by atoms with Gasteiger partial charge in [0.1, 0.15) is 11.5 Å². The molecule has 0 saturated heterocycles. The van der Waals surface area contributed by atoms with E-state index in [1.807, 2.05) is 0 Å². The number of benzene rings is 5. The Bertz CT molecular complexity index is 2100. The molecule has 3 aliphatic rings. The topological polar surface area (TPSA) is 35.0 Å². The first-order valence-electron chi connectivity index (χ1n) is 16.3. The minimum atomic E-state index is 0.0284. The van der Waals surface area contributed by atoms with Gasteiger partial charge in [0.25, 0.3) is 0 Å². The van der Waals surface area contributed by atoms with Crippen molar-refractivity contribution in [2.45, 2.75) is 49.9 Å². The van der Waals surface area contributed by atoms with E-state index in [4.69, 9.17) is 14.7 Å². The highest BCUT2D eigenvalue weighted by Gasteiger charge is 2.42. The number of nitrogens with zero attached hydrogens (tertiary/aromatic N) is 2. The standard InChI is InChI=1S/C42H34N2O/c1-8-25-42(26-9-1)35-16-5-7-18-38(35)45-39-24-23-31(27-36(39)42)28-19-21-30(22-20-28)41-43-37-17-6-4-14-34(37)40(44-41)33-15-10-12-29-11-2-3-13-32(29)33/h2-7,10-14,16-24,27,33H,1,8-9,15,25-26H2. The first-order valence-corrected chi connectivity index (χ1v) is 16.3. The third kappa shape index (κ3) is 4.33. The first kappa shape index (κ1) is 26.4. The zero-order valence-electron chi connectivity index (χ0n) is 25.2. The molecule has 6 aromatic rings. The Morgan fingerprint density at radius 1 is 0.622 bits per heavy atom. The van der Waals surface area contributed by atoms with Crippen LogP contribution in [0.25, 0.3) is 39.5 Å². The van der Waals surface area contributed by atoms with E-state index < -0.39 is 0 Å². The molecule has 1 aliphatic heterocycles. The molecule has 2 heterocycles. The average Bonchev–Trinajstić information content (AvgIpc) is 3.11. The second kappa shape index (κ2) is 10.6. The van der Waals surface area contributed by atoms with Gasteiger partial charge in [0.05, 0.1) is 11.2 Å². The predicted octanol–water partition coefficient (Wildman–Crippen LogP) is 10.9. The Morgan fingerprint density at radius 2 is 1.36 bits per heavy atom. The van der Waals surface area contributed by atoms with E-state index in [0.29, 0.717) is 0 Å². The molecule has 0 radical (unpaired) electrons. The molecule has 1 fully saturated rings. The second-order valence-electron chi connectivity index (χ2n) is 12.8. The molecule has 1 unspecified atom stereocenters. The van der Waals surface area contributed by atoms with Crippen LogP contribution >= 0.6 is 0 Å².